The Balaban J connectivity index is 1.47. The number of likely N-dealkylation sites (tertiary alicyclic amines) is 1. The maximum Gasteiger partial charge on any atom is 0.232 e. The number of carbonyl (C=O) groups excluding carboxylic acids is 1. The van der Waals surface area contributed by atoms with Crippen LogP contribution in [0.2, 0.25) is 0 Å². The summed E-state index contributed by atoms with van der Waals surface area (Å²) < 4.78 is 5.39. The second-order valence-corrected chi connectivity index (χ2v) is 6.33. The molecule has 0 radical (unpaired) electrons. The Kier molecular flexibility index (Phi) is 4.01. The first kappa shape index (κ1) is 15.5. The van der Waals surface area contributed by atoms with E-state index < -0.39 is 0 Å². The van der Waals surface area contributed by atoms with Gasteiger partial charge in [0.25, 0.3) is 0 Å². The van der Waals surface area contributed by atoms with Gasteiger partial charge in [0.15, 0.2) is 0 Å². The monoisotopic (exact) mass is 334 g/mol. The van der Waals surface area contributed by atoms with Crippen molar-refractivity contribution in [1.82, 2.24) is 20.0 Å². The number of benzene rings is 1. The van der Waals surface area contributed by atoms with E-state index in [0.29, 0.717) is 36.9 Å². The molecule has 1 aliphatic rings. The number of pyridine rings is 1. The molecule has 0 spiro atoms. The van der Waals surface area contributed by atoms with Crippen molar-refractivity contribution in [3.63, 3.8) is 0 Å². The summed E-state index contributed by atoms with van der Waals surface area (Å²) in [5.74, 6) is 1.01. The van der Waals surface area contributed by atoms with Gasteiger partial charge in [0, 0.05) is 25.7 Å². The third-order valence-electron chi connectivity index (χ3n) is 4.39. The maximum absolute atomic E-state index is 12.3. The minimum Gasteiger partial charge on any atom is -0.339 e. The number of aromatic nitrogens is 3. The third kappa shape index (κ3) is 3.28. The maximum atomic E-state index is 12.3. The molecule has 6 heteroatoms. The lowest BCUT2D eigenvalue weighted by Crippen LogP contribution is -2.24. The van der Waals surface area contributed by atoms with Crippen LogP contribution >= 0.6 is 0 Å². The number of rotatable bonds is 4. The van der Waals surface area contributed by atoms with Gasteiger partial charge in [-0.25, -0.2) is 0 Å². The van der Waals surface area contributed by atoms with Crippen LogP contribution in [0.3, 0.4) is 0 Å². The van der Waals surface area contributed by atoms with E-state index in [0.717, 1.165) is 5.56 Å². The zero-order chi connectivity index (χ0) is 17.2. The van der Waals surface area contributed by atoms with Gasteiger partial charge in [-0.3, -0.25) is 9.78 Å². The molecule has 0 bridgehead atoms. The number of hydrogen-bond acceptors (Lipinski definition) is 5. The topological polar surface area (TPSA) is 72.1 Å². The van der Waals surface area contributed by atoms with Crippen molar-refractivity contribution < 1.29 is 9.32 Å². The van der Waals surface area contributed by atoms with Crippen molar-refractivity contribution in [3.8, 4) is 11.5 Å². The lowest BCUT2D eigenvalue weighted by molar-refractivity contribution is -0.128. The lowest BCUT2D eigenvalue weighted by Gasteiger charge is -2.16. The van der Waals surface area contributed by atoms with Gasteiger partial charge in [0.05, 0.1) is 5.92 Å². The highest BCUT2D eigenvalue weighted by molar-refractivity contribution is 5.79. The minimum atomic E-state index is -0.0667. The van der Waals surface area contributed by atoms with Gasteiger partial charge in [0.1, 0.15) is 5.69 Å². The van der Waals surface area contributed by atoms with Crippen LogP contribution in [0, 0.1) is 6.92 Å². The molecule has 1 aliphatic heterocycles. The van der Waals surface area contributed by atoms with Crippen molar-refractivity contribution in [2.45, 2.75) is 25.8 Å². The highest BCUT2D eigenvalue weighted by atomic mass is 16.5. The van der Waals surface area contributed by atoms with Gasteiger partial charge in [0.2, 0.25) is 17.6 Å². The molecule has 1 saturated heterocycles. The molecule has 1 fully saturated rings. The Morgan fingerprint density at radius 1 is 1.20 bits per heavy atom. The number of aryl methyl sites for hydroxylation is 1. The zero-order valence-electron chi connectivity index (χ0n) is 13.9. The second kappa shape index (κ2) is 6.47. The van der Waals surface area contributed by atoms with E-state index in [4.69, 9.17) is 4.52 Å². The Bertz CT molecular complexity index is 874. The van der Waals surface area contributed by atoms with E-state index >= 15 is 0 Å². The van der Waals surface area contributed by atoms with Crippen LogP contribution in [0.5, 0.6) is 0 Å². The van der Waals surface area contributed by atoms with Crippen LogP contribution in [0.1, 0.15) is 29.4 Å². The SMILES string of the molecule is Cc1ccc(CN2CC(c3nc(-c4ccccn4)no3)CC2=O)cc1. The van der Waals surface area contributed by atoms with Crippen molar-refractivity contribution in [2.75, 3.05) is 6.54 Å². The van der Waals surface area contributed by atoms with Crippen LogP contribution in [-0.2, 0) is 11.3 Å². The first-order valence-corrected chi connectivity index (χ1v) is 8.27. The molecule has 3 heterocycles. The van der Waals surface area contributed by atoms with Gasteiger partial charge in [-0.15, -0.1) is 0 Å². The van der Waals surface area contributed by atoms with E-state index in [2.05, 4.69) is 46.3 Å². The fraction of sp³-hybridized carbons (Fsp3) is 0.263. The van der Waals surface area contributed by atoms with Crippen LogP contribution in [0.25, 0.3) is 11.5 Å². The Labute approximate surface area is 145 Å². The summed E-state index contributed by atoms with van der Waals surface area (Å²) in [6.07, 6.45) is 2.09. The average molecular weight is 334 g/mol. The molecule has 4 rings (SSSR count). The van der Waals surface area contributed by atoms with Gasteiger partial charge in [-0.05, 0) is 24.6 Å². The number of carbonyl (C=O) groups is 1. The van der Waals surface area contributed by atoms with E-state index in [1.54, 1.807) is 6.20 Å². The molecule has 25 heavy (non-hydrogen) atoms. The molecule has 126 valence electrons. The summed E-state index contributed by atoms with van der Waals surface area (Å²) in [7, 11) is 0. The van der Waals surface area contributed by atoms with Crippen molar-refractivity contribution in [3.05, 3.63) is 65.7 Å². The van der Waals surface area contributed by atoms with E-state index in [9.17, 15) is 4.79 Å². The van der Waals surface area contributed by atoms with Crippen molar-refractivity contribution >= 4 is 5.91 Å². The molecule has 3 aromatic rings. The summed E-state index contributed by atoms with van der Waals surface area (Å²) >= 11 is 0. The minimum absolute atomic E-state index is 0.0667. The van der Waals surface area contributed by atoms with E-state index in [-0.39, 0.29) is 11.8 Å². The predicted molar refractivity (Wildman–Crippen MR) is 91.5 cm³/mol. The summed E-state index contributed by atoms with van der Waals surface area (Å²) in [5.41, 5.74) is 3.00. The Morgan fingerprint density at radius 3 is 2.80 bits per heavy atom. The Morgan fingerprint density at radius 2 is 2.04 bits per heavy atom. The van der Waals surface area contributed by atoms with Gasteiger partial charge < -0.3 is 9.42 Å². The molecule has 1 unspecified atom stereocenters. The van der Waals surface area contributed by atoms with Crippen LogP contribution in [0.4, 0.5) is 0 Å². The molecule has 1 atom stereocenters. The number of hydrogen-bond donors (Lipinski definition) is 0. The van der Waals surface area contributed by atoms with Crippen molar-refractivity contribution in [1.29, 1.82) is 0 Å². The lowest BCUT2D eigenvalue weighted by atomic mass is 10.1. The molecule has 0 N–H and O–H groups in total. The summed E-state index contributed by atoms with van der Waals surface area (Å²) in [4.78, 5) is 22.8. The highest BCUT2D eigenvalue weighted by Crippen LogP contribution is 2.29. The third-order valence-corrected chi connectivity index (χ3v) is 4.39. The molecular weight excluding hydrogens is 316 g/mol. The zero-order valence-corrected chi connectivity index (χ0v) is 13.9. The van der Waals surface area contributed by atoms with Crippen LogP contribution in [0.15, 0.2) is 53.2 Å². The fourth-order valence-corrected chi connectivity index (χ4v) is 3.00. The van der Waals surface area contributed by atoms with Crippen molar-refractivity contribution in [2.24, 2.45) is 0 Å². The molecule has 0 saturated carbocycles. The number of nitrogens with zero attached hydrogens (tertiary/aromatic N) is 4. The first-order chi connectivity index (χ1) is 12.2. The van der Waals surface area contributed by atoms with Crippen LogP contribution < -0.4 is 0 Å². The normalized spacial score (nSPS) is 17.2. The predicted octanol–water partition coefficient (Wildman–Crippen LogP) is 2.96. The van der Waals surface area contributed by atoms with Gasteiger partial charge in [-0.2, -0.15) is 4.98 Å². The second-order valence-electron chi connectivity index (χ2n) is 6.33. The molecule has 6 nitrogen and oxygen atoms in total. The first-order valence-electron chi connectivity index (χ1n) is 8.27. The van der Waals surface area contributed by atoms with Gasteiger partial charge >= 0.3 is 0 Å². The molecule has 1 amide bonds. The largest absolute Gasteiger partial charge is 0.339 e. The van der Waals surface area contributed by atoms with Gasteiger partial charge in [-0.1, -0.05) is 41.1 Å². The molecule has 1 aromatic carbocycles. The summed E-state index contributed by atoms with van der Waals surface area (Å²) in [5, 5.41) is 4.00. The van der Waals surface area contributed by atoms with E-state index in [1.165, 1.54) is 5.56 Å². The molecular formula is C19H18N4O2. The van der Waals surface area contributed by atoms with E-state index in [1.807, 2.05) is 23.1 Å². The number of amides is 1. The summed E-state index contributed by atoms with van der Waals surface area (Å²) in [6.45, 7) is 3.25. The summed E-state index contributed by atoms with van der Waals surface area (Å²) in [6, 6.07) is 13.8. The molecule has 0 aliphatic carbocycles. The smallest absolute Gasteiger partial charge is 0.232 e. The average Bonchev–Trinajstić information content (AvgIpc) is 3.25. The quantitative estimate of drug-likeness (QED) is 0.733. The fourth-order valence-electron chi connectivity index (χ4n) is 3.00. The Hall–Kier alpha value is -3.02. The van der Waals surface area contributed by atoms with Crippen LogP contribution in [-0.4, -0.2) is 32.5 Å². The molecule has 2 aromatic heterocycles. The standard InChI is InChI=1S/C19H18N4O2/c1-13-5-7-14(8-6-13)11-23-12-15(10-17(23)24)19-21-18(22-25-19)16-4-2-3-9-20-16/h2-9,15H,10-12H2,1H3. The highest BCUT2D eigenvalue weighted by Gasteiger charge is 2.34.